The number of ether oxygens (including phenoxy) is 2. The molecule has 7 nitrogen and oxygen atoms in total. The van der Waals surface area contributed by atoms with Crippen molar-refractivity contribution in [1.82, 2.24) is 10.9 Å². The Morgan fingerprint density at radius 3 is 2.42 bits per heavy atom. The molecule has 0 aliphatic heterocycles. The Hall–Kier alpha value is -4.13. The summed E-state index contributed by atoms with van der Waals surface area (Å²) in [5.74, 6) is -1.02. The summed E-state index contributed by atoms with van der Waals surface area (Å²) in [4.78, 5) is 35.5. The maximum atomic E-state index is 12.0. The molecule has 0 bridgehead atoms. The van der Waals surface area contributed by atoms with Crippen LogP contribution in [0.4, 0.5) is 0 Å². The molecule has 7 heteroatoms. The zero-order chi connectivity index (χ0) is 22.1. The van der Waals surface area contributed by atoms with Gasteiger partial charge in [0.2, 0.25) is 0 Å². The number of benzene rings is 3. The van der Waals surface area contributed by atoms with E-state index >= 15 is 0 Å². The highest BCUT2D eigenvalue weighted by atomic mass is 16.5. The number of rotatable bonds is 7. The molecule has 0 saturated heterocycles. The van der Waals surface area contributed by atoms with Crippen LogP contribution in [0.3, 0.4) is 0 Å². The highest BCUT2D eigenvalue weighted by molar-refractivity contribution is 5.97. The summed E-state index contributed by atoms with van der Waals surface area (Å²) in [6, 6.07) is 19.9. The number of esters is 1. The number of fused-ring (bicyclic) bond motifs is 1. The topological polar surface area (TPSA) is 93.7 Å². The second kappa shape index (κ2) is 10.6. The largest absolute Gasteiger partial charge is 0.484 e. The number of nitrogens with one attached hydrogen (secondary N) is 2. The number of carbonyl (C=O) groups is 3. The Kier molecular flexibility index (Phi) is 7.37. The SMILES string of the molecule is CCOC(=O)c1ccc(OCC(=O)NNC(=O)/C=C/c2cccc3ccccc23)cc1. The molecule has 31 heavy (non-hydrogen) atoms. The summed E-state index contributed by atoms with van der Waals surface area (Å²) in [5.41, 5.74) is 5.88. The fraction of sp³-hybridized carbons (Fsp3) is 0.125. The van der Waals surface area contributed by atoms with Gasteiger partial charge in [0.1, 0.15) is 5.75 Å². The third-order valence-corrected chi connectivity index (χ3v) is 4.30. The molecular formula is C24H22N2O5. The van der Waals surface area contributed by atoms with Gasteiger partial charge in [-0.15, -0.1) is 0 Å². The smallest absolute Gasteiger partial charge is 0.338 e. The molecule has 3 aromatic carbocycles. The van der Waals surface area contributed by atoms with Gasteiger partial charge in [-0.25, -0.2) is 4.79 Å². The van der Waals surface area contributed by atoms with Crippen LogP contribution in [0, 0.1) is 0 Å². The summed E-state index contributed by atoms with van der Waals surface area (Å²) in [6.07, 6.45) is 3.03. The normalized spacial score (nSPS) is 10.6. The van der Waals surface area contributed by atoms with Crippen LogP contribution in [0.15, 0.2) is 72.8 Å². The molecule has 0 unspecified atom stereocenters. The first-order chi connectivity index (χ1) is 15.1. The van der Waals surface area contributed by atoms with Crippen molar-refractivity contribution in [3.05, 3.63) is 83.9 Å². The molecule has 3 aromatic rings. The van der Waals surface area contributed by atoms with E-state index in [0.717, 1.165) is 16.3 Å². The van der Waals surface area contributed by atoms with Crippen LogP contribution in [-0.2, 0) is 14.3 Å². The highest BCUT2D eigenvalue weighted by Crippen LogP contribution is 2.19. The fourth-order valence-electron chi connectivity index (χ4n) is 2.82. The quantitative estimate of drug-likeness (QED) is 0.349. The maximum Gasteiger partial charge on any atom is 0.338 e. The third-order valence-electron chi connectivity index (χ3n) is 4.30. The van der Waals surface area contributed by atoms with Gasteiger partial charge in [-0.3, -0.25) is 20.4 Å². The lowest BCUT2D eigenvalue weighted by atomic mass is 10.0. The molecule has 0 aliphatic carbocycles. The fourth-order valence-corrected chi connectivity index (χ4v) is 2.82. The average molecular weight is 418 g/mol. The number of hydrazine groups is 1. The molecule has 2 N–H and O–H groups in total. The Bertz CT molecular complexity index is 1100. The van der Waals surface area contributed by atoms with E-state index in [9.17, 15) is 14.4 Å². The molecular weight excluding hydrogens is 396 g/mol. The van der Waals surface area contributed by atoms with Crippen molar-refractivity contribution in [3.63, 3.8) is 0 Å². The van der Waals surface area contributed by atoms with Crippen LogP contribution in [0.1, 0.15) is 22.8 Å². The zero-order valence-electron chi connectivity index (χ0n) is 17.0. The zero-order valence-corrected chi connectivity index (χ0v) is 17.0. The summed E-state index contributed by atoms with van der Waals surface area (Å²) in [7, 11) is 0. The minimum atomic E-state index is -0.526. The van der Waals surface area contributed by atoms with Gasteiger partial charge < -0.3 is 9.47 Å². The van der Waals surface area contributed by atoms with E-state index in [4.69, 9.17) is 9.47 Å². The van der Waals surface area contributed by atoms with E-state index < -0.39 is 17.8 Å². The van der Waals surface area contributed by atoms with Crippen molar-refractivity contribution >= 4 is 34.6 Å². The highest BCUT2D eigenvalue weighted by Gasteiger charge is 2.08. The van der Waals surface area contributed by atoms with Gasteiger partial charge in [0.15, 0.2) is 6.61 Å². The first-order valence-corrected chi connectivity index (χ1v) is 9.71. The standard InChI is InChI=1S/C24H22N2O5/c1-2-30-24(29)19-10-13-20(14-11-19)31-16-23(28)26-25-22(27)15-12-18-8-5-7-17-6-3-4-9-21(17)18/h3-15H,2,16H2,1H3,(H,25,27)(H,26,28)/b15-12+. The van der Waals surface area contributed by atoms with Crippen LogP contribution in [0.25, 0.3) is 16.8 Å². The molecule has 0 saturated carbocycles. The second-order valence-corrected chi connectivity index (χ2v) is 6.47. The van der Waals surface area contributed by atoms with Gasteiger partial charge in [-0.2, -0.15) is 0 Å². The molecule has 0 fully saturated rings. The minimum Gasteiger partial charge on any atom is -0.484 e. The van der Waals surface area contributed by atoms with Crippen LogP contribution < -0.4 is 15.6 Å². The van der Waals surface area contributed by atoms with Crippen molar-refractivity contribution < 1.29 is 23.9 Å². The number of carbonyl (C=O) groups excluding carboxylic acids is 3. The molecule has 3 rings (SSSR count). The third kappa shape index (κ3) is 6.17. The van der Waals surface area contributed by atoms with Gasteiger partial charge in [-0.05, 0) is 53.6 Å². The summed E-state index contributed by atoms with van der Waals surface area (Å²) >= 11 is 0. The number of hydrogen-bond acceptors (Lipinski definition) is 5. The van der Waals surface area contributed by atoms with Gasteiger partial charge in [0, 0.05) is 6.08 Å². The Labute approximate surface area is 179 Å². The molecule has 158 valence electrons. The van der Waals surface area contributed by atoms with Crippen LogP contribution in [0.2, 0.25) is 0 Å². The van der Waals surface area contributed by atoms with Crippen molar-refractivity contribution in [2.24, 2.45) is 0 Å². The predicted molar refractivity (Wildman–Crippen MR) is 117 cm³/mol. The van der Waals surface area contributed by atoms with Crippen molar-refractivity contribution in [1.29, 1.82) is 0 Å². The lowest BCUT2D eigenvalue weighted by Crippen LogP contribution is -2.43. The first kappa shape index (κ1) is 21.6. The lowest BCUT2D eigenvalue weighted by molar-refractivity contribution is -0.128. The van der Waals surface area contributed by atoms with Crippen molar-refractivity contribution in [2.75, 3.05) is 13.2 Å². The van der Waals surface area contributed by atoms with Crippen molar-refractivity contribution in [3.8, 4) is 5.75 Å². The second-order valence-electron chi connectivity index (χ2n) is 6.47. The van der Waals surface area contributed by atoms with Gasteiger partial charge in [0.25, 0.3) is 11.8 Å². The molecule has 0 aromatic heterocycles. The van der Waals surface area contributed by atoms with E-state index in [-0.39, 0.29) is 6.61 Å². The Morgan fingerprint density at radius 1 is 0.903 bits per heavy atom. The van der Waals surface area contributed by atoms with Gasteiger partial charge in [-0.1, -0.05) is 42.5 Å². The summed E-state index contributed by atoms with van der Waals surface area (Å²) in [6.45, 7) is 1.72. The Morgan fingerprint density at radius 2 is 1.65 bits per heavy atom. The van der Waals surface area contributed by atoms with E-state index in [1.54, 1.807) is 37.3 Å². The van der Waals surface area contributed by atoms with E-state index in [0.29, 0.717) is 17.9 Å². The first-order valence-electron chi connectivity index (χ1n) is 9.71. The molecule has 0 atom stereocenters. The van der Waals surface area contributed by atoms with Gasteiger partial charge >= 0.3 is 5.97 Å². The average Bonchev–Trinajstić information content (AvgIpc) is 2.80. The number of hydrogen-bond donors (Lipinski definition) is 2. The monoisotopic (exact) mass is 418 g/mol. The van der Waals surface area contributed by atoms with Crippen LogP contribution in [0.5, 0.6) is 5.75 Å². The summed E-state index contributed by atoms with van der Waals surface area (Å²) in [5, 5.41) is 2.10. The molecule has 0 radical (unpaired) electrons. The molecule has 0 spiro atoms. The summed E-state index contributed by atoms with van der Waals surface area (Å²) < 4.78 is 10.2. The molecule has 0 aliphatic rings. The Balaban J connectivity index is 1.45. The number of amides is 2. The van der Waals surface area contributed by atoms with Crippen LogP contribution in [-0.4, -0.2) is 31.0 Å². The minimum absolute atomic E-state index is 0.292. The molecule has 2 amide bonds. The van der Waals surface area contributed by atoms with Gasteiger partial charge in [0.05, 0.1) is 12.2 Å². The van der Waals surface area contributed by atoms with Crippen LogP contribution >= 0.6 is 0 Å². The van der Waals surface area contributed by atoms with E-state index in [1.807, 2.05) is 42.5 Å². The lowest BCUT2D eigenvalue weighted by Gasteiger charge is -2.08. The van der Waals surface area contributed by atoms with Crippen molar-refractivity contribution in [2.45, 2.75) is 6.92 Å². The maximum absolute atomic E-state index is 12.0. The van der Waals surface area contributed by atoms with E-state index in [2.05, 4.69) is 10.9 Å². The predicted octanol–water partition coefficient (Wildman–Crippen LogP) is 3.26. The van der Waals surface area contributed by atoms with E-state index in [1.165, 1.54) is 6.08 Å². The molecule has 0 heterocycles.